The maximum Gasteiger partial charge on any atom is 0.238 e. The molecule has 150 valence electrons. The van der Waals surface area contributed by atoms with Gasteiger partial charge in [-0.25, -0.2) is 0 Å². The summed E-state index contributed by atoms with van der Waals surface area (Å²) in [6, 6.07) is 31.9. The van der Waals surface area contributed by atoms with Gasteiger partial charge in [-0.05, 0) is 29.3 Å². The monoisotopic (exact) mass is 396 g/mol. The molecule has 4 rings (SSSR count). The van der Waals surface area contributed by atoms with E-state index in [0.29, 0.717) is 13.1 Å². The number of carbonyl (C=O) groups excluding carboxylic acids is 1. The van der Waals surface area contributed by atoms with Crippen LogP contribution in [-0.2, 0) is 17.9 Å². The lowest BCUT2D eigenvalue weighted by atomic mass is 10.0. The van der Waals surface area contributed by atoms with E-state index in [-0.39, 0.29) is 12.5 Å². The SMILES string of the molecule is O=C(CN(Cc1ccccc1)Cc1ccco1)Nc1ccccc1-c1ccccc1. The second-order valence-corrected chi connectivity index (χ2v) is 7.17. The van der Waals surface area contributed by atoms with E-state index in [1.165, 1.54) is 0 Å². The van der Waals surface area contributed by atoms with Gasteiger partial charge in [-0.3, -0.25) is 9.69 Å². The normalized spacial score (nSPS) is 10.8. The number of benzene rings is 3. The zero-order valence-corrected chi connectivity index (χ0v) is 16.7. The summed E-state index contributed by atoms with van der Waals surface area (Å²) in [4.78, 5) is 15.0. The number of rotatable bonds is 8. The Morgan fingerprint density at radius 2 is 1.47 bits per heavy atom. The molecule has 4 nitrogen and oxygen atoms in total. The molecule has 0 saturated heterocycles. The molecule has 1 heterocycles. The summed E-state index contributed by atoms with van der Waals surface area (Å²) >= 11 is 0. The molecule has 0 aliphatic carbocycles. The molecule has 4 heteroatoms. The number of nitrogens with zero attached hydrogens (tertiary/aromatic N) is 1. The average Bonchev–Trinajstić information content (AvgIpc) is 3.28. The van der Waals surface area contributed by atoms with E-state index < -0.39 is 0 Å². The number of para-hydroxylation sites is 1. The summed E-state index contributed by atoms with van der Waals surface area (Å²) in [6.07, 6.45) is 1.66. The van der Waals surface area contributed by atoms with Crippen LogP contribution in [0.5, 0.6) is 0 Å². The topological polar surface area (TPSA) is 45.5 Å². The molecule has 0 spiro atoms. The standard InChI is InChI=1S/C26H24N2O2/c29-26(27-25-16-8-7-15-24(25)22-12-5-2-6-13-22)20-28(19-23-14-9-17-30-23)18-21-10-3-1-4-11-21/h1-17H,18-20H2,(H,27,29). The highest BCUT2D eigenvalue weighted by atomic mass is 16.3. The predicted octanol–water partition coefficient (Wildman–Crippen LogP) is 5.59. The lowest BCUT2D eigenvalue weighted by Crippen LogP contribution is -2.32. The first-order valence-corrected chi connectivity index (χ1v) is 10.0. The molecular weight excluding hydrogens is 372 g/mol. The van der Waals surface area contributed by atoms with Gasteiger partial charge in [0, 0.05) is 17.8 Å². The first-order chi connectivity index (χ1) is 14.8. The molecule has 0 saturated carbocycles. The average molecular weight is 396 g/mol. The number of furan rings is 1. The van der Waals surface area contributed by atoms with Gasteiger partial charge in [-0.2, -0.15) is 0 Å². The zero-order valence-electron chi connectivity index (χ0n) is 16.7. The molecule has 0 unspecified atom stereocenters. The zero-order chi connectivity index (χ0) is 20.6. The molecule has 3 aromatic carbocycles. The molecular formula is C26H24N2O2. The molecule has 0 aliphatic rings. The summed E-state index contributed by atoms with van der Waals surface area (Å²) in [7, 11) is 0. The Labute approximate surface area is 176 Å². The second kappa shape index (κ2) is 9.72. The van der Waals surface area contributed by atoms with Gasteiger partial charge < -0.3 is 9.73 Å². The maximum atomic E-state index is 12.9. The van der Waals surface area contributed by atoms with Crippen molar-refractivity contribution in [3.63, 3.8) is 0 Å². The van der Waals surface area contributed by atoms with Crippen molar-refractivity contribution in [3.8, 4) is 11.1 Å². The van der Waals surface area contributed by atoms with E-state index in [4.69, 9.17) is 4.42 Å². The Balaban J connectivity index is 1.49. The minimum absolute atomic E-state index is 0.0548. The van der Waals surface area contributed by atoms with Gasteiger partial charge in [0.15, 0.2) is 0 Å². The van der Waals surface area contributed by atoms with Crippen LogP contribution in [0.4, 0.5) is 5.69 Å². The first kappa shape index (κ1) is 19.7. The van der Waals surface area contributed by atoms with Gasteiger partial charge in [0.1, 0.15) is 5.76 Å². The molecule has 0 atom stereocenters. The molecule has 0 radical (unpaired) electrons. The number of amides is 1. The van der Waals surface area contributed by atoms with E-state index in [1.807, 2.05) is 84.9 Å². The summed E-state index contributed by atoms with van der Waals surface area (Å²) < 4.78 is 5.51. The second-order valence-electron chi connectivity index (χ2n) is 7.17. The first-order valence-electron chi connectivity index (χ1n) is 10.0. The van der Waals surface area contributed by atoms with Crippen LogP contribution in [0.15, 0.2) is 108 Å². The van der Waals surface area contributed by atoms with Crippen molar-refractivity contribution in [2.24, 2.45) is 0 Å². The summed E-state index contributed by atoms with van der Waals surface area (Å²) in [5.41, 5.74) is 4.05. The lowest BCUT2D eigenvalue weighted by molar-refractivity contribution is -0.117. The number of anilines is 1. The fourth-order valence-corrected chi connectivity index (χ4v) is 3.49. The highest BCUT2D eigenvalue weighted by molar-refractivity contribution is 5.96. The minimum Gasteiger partial charge on any atom is -0.468 e. The van der Waals surface area contributed by atoms with Crippen molar-refractivity contribution < 1.29 is 9.21 Å². The van der Waals surface area contributed by atoms with Crippen LogP contribution < -0.4 is 5.32 Å². The predicted molar refractivity (Wildman–Crippen MR) is 120 cm³/mol. The van der Waals surface area contributed by atoms with E-state index in [1.54, 1.807) is 6.26 Å². The minimum atomic E-state index is -0.0548. The van der Waals surface area contributed by atoms with Crippen molar-refractivity contribution in [2.75, 3.05) is 11.9 Å². The number of carbonyl (C=O) groups is 1. The van der Waals surface area contributed by atoms with Gasteiger partial charge in [0.2, 0.25) is 5.91 Å². The van der Waals surface area contributed by atoms with Crippen molar-refractivity contribution >= 4 is 11.6 Å². The van der Waals surface area contributed by atoms with Crippen LogP contribution in [-0.4, -0.2) is 17.4 Å². The Bertz CT molecular complexity index is 1060. The summed E-state index contributed by atoms with van der Waals surface area (Å²) in [5, 5.41) is 3.09. The molecule has 4 aromatic rings. The Morgan fingerprint density at radius 3 is 2.20 bits per heavy atom. The molecule has 0 fully saturated rings. The van der Waals surface area contributed by atoms with E-state index in [2.05, 4.69) is 22.3 Å². The molecule has 1 aromatic heterocycles. The number of hydrogen-bond acceptors (Lipinski definition) is 3. The number of nitrogens with one attached hydrogen (secondary N) is 1. The lowest BCUT2D eigenvalue weighted by Gasteiger charge is -2.21. The maximum absolute atomic E-state index is 12.9. The van der Waals surface area contributed by atoms with Gasteiger partial charge in [-0.15, -0.1) is 0 Å². The molecule has 1 amide bonds. The molecule has 1 N–H and O–H groups in total. The fourth-order valence-electron chi connectivity index (χ4n) is 3.49. The van der Waals surface area contributed by atoms with Crippen molar-refractivity contribution in [1.82, 2.24) is 4.90 Å². The fraction of sp³-hybridized carbons (Fsp3) is 0.115. The number of hydrogen-bond donors (Lipinski definition) is 1. The van der Waals surface area contributed by atoms with Crippen LogP contribution in [0.2, 0.25) is 0 Å². The highest BCUT2D eigenvalue weighted by Gasteiger charge is 2.15. The quantitative estimate of drug-likeness (QED) is 0.422. The smallest absolute Gasteiger partial charge is 0.238 e. The molecule has 0 aliphatic heterocycles. The Kier molecular flexibility index (Phi) is 6.38. The summed E-state index contributed by atoms with van der Waals surface area (Å²) in [6.45, 7) is 1.49. The molecule has 0 bridgehead atoms. The van der Waals surface area contributed by atoms with Crippen molar-refractivity contribution in [1.29, 1.82) is 0 Å². The van der Waals surface area contributed by atoms with E-state index in [0.717, 1.165) is 28.1 Å². The van der Waals surface area contributed by atoms with Crippen molar-refractivity contribution in [3.05, 3.63) is 115 Å². The van der Waals surface area contributed by atoms with Gasteiger partial charge in [-0.1, -0.05) is 78.9 Å². The molecule has 30 heavy (non-hydrogen) atoms. The van der Waals surface area contributed by atoms with Crippen LogP contribution >= 0.6 is 0 Å². The third kappa shape index (κ3) is 5.25. The Hall–Kier alpha value is -3.63. The van der Waals surface area contributed by atoms with Gasteiger partial charge >= 0.3 is 0 Å². The third-order valence-corrected chi connectivity index (χ3v) is 4.86. The van der Waals surface area contributed by atoms with Crippen molar-refractivity contribution in [2.45, 2.75) is 13.1 Å². The van der Waals surface area contributed by atoms with Gasteiger partial charge in [0.05, 0.1) is 19.4 Å². The third-order valence-electron chi connectivity index (χ3n) is 4.86. The summed E-state index contributed by atoms with van der Waals surface area (Å²) in [5.74, 6) is 0.782. The largest absolute Gasteiger partial charge is 0.468 e. The van der Waals surface area contributed by atoms with E-state index in [9.17, 15) is 4.79 Å². The highest BCUT2D eigenvalue weighted by Crippen LogP contribution is 2.27. The Morgan fingerprint density at radius 1 is 0.767 bits per heavy atom. The van der Waals surface area contributed by atoms with Crippen LogP contribution in [0.3, 0.4) is 0 Å². The van der Waals surface area contributed by atoms with Crippen LogP contribution in [0.1, 0.15) is 11.3 Å². The van der Waals surface area contributed by atoms with Crippen LogP contribution in [0, 0.1) is 0 Å². The van der Waals surface area contributed by atoms with Gasteiger partial charge in [0.25, 0.3) is 0 Å². The van der Waals surface area contributed by atoms with Crippen LogP contribution in [0.25, 0.3) is 11.1 Å². The van der Waals surface area contributed by atoms with E-state index >= 15 is 0 Å².